The lowest BCUT2D eigenvalue weighted by Gasteiger charge is -2.25. The Hall–Kier alpha value is -3.12. The Labute approximate surface area is 172 Å². The molecule has 0 spiro atoms. The van der Waals surface area contributed by atoms with Crippen molar-refractivity contribution in [3.8, 4) is 0 Å². The Morgan fingerprint density at radius 1 is 0.966 bits per heavy atom. The van der Waals surface area contributed by atoms with Gasteiger partial charge >= 0.3 is 11.9 Å². The maximum absolute atomic E-state index is 13.5. The number of carbonyl (C=O) groups is 3. The van der Waals surface area contributed by atoms with E-state index in [1.54, 1.807) is 60.0 Å². The molecule has 1 heterocycles. The van der Waals surface area contributed by atoms with E-state index in [1.165, 1.54) is 6.92 Å². The lowest BCUT2D eigenvalue weighted by atomic mass is 9.75. The number of nitrogens with zero attached hydrogens (tertiary/aromatic N) is 1. The van der Waals surface area contributed by atoms with Gasteiger partial charge in [-0.2, -0.15) is 0 Å². The van der Waals surface area contributed by atoms with Crippen molar-refractivity contribution in [1.82, 2.24) is 4.57 Å². The van der Waals surface area contributed by atoms with Crippen molar-refractivity contribution in [2.45, 2.75) is 32.2 Å². The van der Waals surface area contributed by atoms with Crippen molar-refractivity contribution in [2.24, 2.45) is 0 Å². The zero-order chi connectivity index (χ0) is 21.3. The average Bonchev–Trinajstić information content (AvgIpc) is 3.04. The average molecular weight is 414 g/mol. The van der Waals surface area contributed by atoms with Crippen LogP contribution < -0.4 is 0 Å². The van der Waals surface area contributed by atoms with Gasteiger partial charge in [0.1, 0.15) is 0 Å². The Morgan fingerprint density at radius 3 is 2.10 bits per heavy atom. The predicted octanol–water partition coefficient (Wildman–Crippen LogP) is 4.36. The number of carboxylic acid groups (broad SMARTS) is 2. The van der Waals surface area contributed by atoms with E-state index < -0.39 is 23.1 Å². The van der Waals surface area contributed by atoms with Gasteiger partial charge in [0.15, 0.2) is 5.41 Å². The number of benzene rings is 2. The number of hydrogen-bond acceptors (Lipinski definition) is 3. The molecule has 29 heavy (non-hydrogen) atoms. The summed E-state index contributed by atoms with van der Waals surface area (Å²) < 4.78 is 1.64. The summed E-state index contributed by atoms with van der Waals surface area (Å²) in [6.45, 7) is 3.62. The van der Waals surface area contributed by atoms with Crippen molar-refractivity contribution in [1.29, 1.82) is 0 Å². The Morgan fingerprint density at radius 2 is 1.59 bits per heavy atom. The van der Waals surface area contributed by atoms with E-state index in [-0.39, 0.29) is 28.1 Å². The van der Waals surface area contributed by atoms with E-state index >= 15 is 0 Å². The van der Waals surface area contributed by atoms with Crippen molar-refractivity contribution >= 4 is 40.2 Å². The summed E-state index contributed by atoms with van der Waals surface area (Å²) in [5, 5.41) is 20.5. The Balaban J connectivity index is 2.56. The fraction of sp³-hybridized carbons (Fsp3) is 0.227. The van der Waals surface area contributed by atoms with Crippen LogP contribution in [-0.2, 0) is 21.5 Å². The number of hydrogen-bond donors (Lipinski definition) is 2. The Bertz CT molecular complexity index is 1100. The zero-order valence-corrected chi connectivity index (χ0v) is 16.7. The maximum atomic E-state index is 13.5. The molecule has 3 aromatic rings. The van der Waals surface area contributed by atoms with Crippen molar-refractivity contribution in [3.05, 3.63) is 70.4 Å². The largest absolute Gasteiger partial charge is 0.480 e. The molecule has 0 radical (unpaired) electrons. The SMILES string of the molecule is CCn1c(C(=O)c2ccccc2)c(C(CC)(C(=O)O)C(=O)O)c2c(Cl)cccc21. The van der Waals surface area contributed by atoms with Crippen LogP contribution in [0.1, 0.15) is 41.9 Å². The molecule has 0 amide bonds. The van der Waals surface area contributed by atoms with Crippen LogP contribution in [0.3, 0.4) is 0 Å². The summed E-state index contributed by atoms with van der Waals surface area (Å²) in [7, 11) is 0. The molecular weight excluding hydrogens is 394 g/mol. The molecule has 7 heteroatoms. The van der Waals surface area contributed by atoms with Gasteiger partial charge < -0.3 is 14.8 Å². The second kappa shape index (κ2) is 7.72. The van der Waals surface area contributed by atoms with Gasteiger partial charge in [-0.25, -0.2) is 0 Å². The number of aliphatic carboxylic acids is 2. The molecule has 0 bridgehead atoms. The molecule has 0 saturated carbocycles. The molecule has 2 N–H and O–H groups in total. The highest BCUT2D eigenvalue weighted by Gasteiger charge is 2.51. The third-order valence-corrected chi connectivity index (χ3v) is 5.61. The van der Waals surface area contributed by atoms with Crippen LogP contribution in [0.15, 0.2) is 48.5 Å². The lowest BCUT2D eigenvalue weighted by molar-refractivity contribution is -0.157. The van der Waals surface area contributed by atoms with E-state index in [9.17, 15) is 24.6 Å². The predicted molar refractivity (Wildman–Crippen MR) is 110 cm³/mol. The molecule has 0 atom stereocenters. The minimum absolute atomic E-state index is 0.0356. The van der Waals surface area contributed by atoms with Crippen molar-refractivity contribution < 1.29 is 24.6 Å². The first-order valence-electron chi connectivity index (χ1n) is 9.18. The van der Waals surface area contributed by atoms with Gasteiger partial charge in [-0.3, -0.25) is 14.4 Å². The summed E-state index contributed by atoms with van der Waals surface area (Å²) >= 11 is 6.42. The third kappa shape index (κ3) is 3.00. The van der Waals surface area contributed by atoms with Crippen LogP contribution in [0.4, 0.5) is 0 Å². The molecule has 0 saturated heterocycles. The molecule has 0 aliphatic carbocycles. The first-order chi connectivity index (χ1) is 13.8. The number of carbonyl (C=O) groups excluding carboxylic acids is 1. The van der Waals surface area contributed by atoms with Crippen LogP contribution in [0.5, 0.6) is 0 Å². The van der Waals surface area contributed by atoms with Crippen LogP contribution in [0, 0.1) is 0 Å². The van der Waals surface area contributed by atoms with Crippen LogP contribution in [0.2, 0.25) is 5.02 Å². The topological polar surface area (TPSA) is 96.6 Å². The Kier molecular flexibility index (Phi) is 5.48. The number of halogens is 1. The monoisotopic (exact) mass is 413 g/mol. The summed E-state index contributed by atoms with van der Waals surface area (Å²) in [5.74, 6) is -3.52. The van der Waals surface area contributed by atoms with Crippen LogP contribution >= 0.6 is 11.6 Å². The van der Waals surface area contributed by atoms with E-state index in [0.29, 0.717) is 17.6 Å². The number of carboxylic acids is 2. The van der Waals surface area contributed by atoms with Gasteiger partial charge in [-0.1, -0.05) is 54.9 Å². The molecule has 0 aliphatic rings. The zero-order valence-electron chi connectivity index (χ0n) is 16.0. The molecule has 1 aromatic heterocycles. The summed E-state index contributed by atoms with van der Waals surface area (Å²) in [6, 6.07) is 13.3. The second-order valence-corrected chi connectivity index (χ2v) is 7.07. The minimum Gasteiger partial charge on any atom is -0.480 e. The van der Waals surface area contributed by atoms with E-state index in [2.05, 4.69) is 0 Å². The van der Waals surface area contributed by atoms with Gasteiger partial charge in [0.05, 0.1) is 16.2 Å². The highest BCUT2D eigenvalue weighted by atomic mass is 35.5. The van der Waals surface area contributed by atoms with Crippen LogP contribution in [-0.4, -0.2) is 32.5 Å². The molecule has 2 aromatic carbocycles. The fourth-order valence-corrected chi connectivity index (χ4v) is 4.11. The highest BCUT2D eigenvalue weighted by Crippen LogP contribution is 2.42. The van der Waals surface area contributed by atoms with E-state index in [4.69, 9.17) is 11.6 Å². The van der Waals surface area contributed by atoms with Crippen molar-refractivity contribution in [2.75, 3.05) is 0 Å². The normalized spacial score (nSPS) is 11.6. The molecule has 0 aliphatic heterocycles. The number of rotatable bonds is 7. The molecule has 0 unspecified atom stereocenters. The highest BCUT2D eigenvalue weighted by molar-refractivity contribution is 6.36. The second-order valence-electron chi connectivity index (χ2n) is 6.67. The standard InChI is InChI=1S/C22H20ClNO5/c1-3-22(20(26)27,21(28)29)17-16-14(23)11-8-12-15(16)24(4-2)18(17)19(25)13-9-6-5-7-10-13/h5-12H,3-4H2,1-2H3,(H,26,27)(H,28,29). The molecule has 6 nitrogen and oxygen atoms in total. The molecular formula is C22H20ClNO5. The van der Waals surface area contributed by atoms with Gasteiger partial charge in [-0.05, 0) is 25.5 Å². The lowest BCUT2D eigenvalue weighted by Crippen LogP contribution is -2.44. The van der Waals surface area contributed by atoms with Gasteiger partial charge in [-0.15, -0.1) is 0 Å². The van der Waals surface area contributed by atoms with E-state index in [0.717, 1.165) is 0 Å². The molecule has 3 rings (SSSR count). The summed E-state index contributed by atoms with van der Waals surface area (Å²) in [5.41, 5.74) is -1.49. The number of fused-ring (bicyclic) bond motifs is 1. The number of aromatic nitrogens is 1. The van der Waals surface area contributed by atoms with Gasteiger partial charge in [0, 0.05) is 23.1 Å². The van der Waals surface area contributed by atoms with Gasteiger partial charge in [0.2, 0.25) is 5.78 Å². The summed E-state index contributed by atoms with van der Waals surface area (Å²) in [4.78, 5) is 38.1. The number of aryl methyl sites for hydroxylation is 1. The summed E-state index contributed by atoms with van der Waals surface area (Å²) in [6.07, 6.45) is -0.249. The van der Waals surface area contributed by atoms with Gasteiger partial charge in [0.25, 0.3) is 0 Å². The van der Waals surface area contributed by atoms with E-state index in [1.807, 2.05) is 0 Å². The minimum atomic E-state index is -2.32. The number of ketones is 1. The fourth-order valence-electron chi connectivity index (χ4n) is 3.85. The van der Waals surface area contributed by atoms with Crippen molar-refractivity contribution in [3.63, 3.8) is 0 Å². The molecule has 150 valence electrons. The maximum Gasteiger partial charge on any atom is 0.325 e. The first-order valence-corrected chi connectivity index (χ1v) is 9.56. The quantitative estimate of drug-likeness (QED) is 0.443. The first kappa shape index (κ1) is 20.6. The third-order valence-electron chi connectivity index (χ3n) is 5.29. The molecule has 0 fully saturated rings. The van der Waals surface area contributed by atoms with Crippen LogP contribution in [0.25, 0.3) is 10.9 Å². The smallest absolute Gasteiger partial charge is 0.325 e.